The molecular weight excluding hydrogens is 208 g/mol. The van der Waals surface area contributed by atoms with E-state index in [0.29, 0.717) is 19.0 Å². The molecule has 0 radical (unpaired) electrons. The third-order valence-corrected chi connectivity index (χ3v) is 2.69. The fourth-order valence-electron chi connectivity index (χ4n) is 1.67. The first-order valence-electron chi connectivity index (χ1n) is 5.81. The van der Waals surface area contributed by atoms with Crippen LogP contribution in [0, 0.1) is 0 Å². The van der Waals surface area contributed by atoms with Gasteiger partial charge >= 0.3 is 5.97 Å². The quantitative estimate of drug-likeness (QED) is 0.592. The zero-order valence-electron chi connectivity index (χ0n) is 9.74. The number of hydrogen-bond acceptors (Lipinski definition) is 3. The van der Waals surface area contributed by atoms with Crippen molar-refractivity contribution in [2.45, 2.75) is 38.1 Å². The van der Waals surface area contributed by atoms with Gasteiger partial charge in [-0.05, 0) is 32.9 Å². The van der Waals surface area contributed by atoms with Crippen LogP contribution in [-0.2, 0) is 9.59 Å². The second-order valence-electron chi connectivity index (χ2n) is 4.17. The molecule has 1 amide bonds. The van der Waals surface area contributed by atoms with Crippen LogP contribution in [0.4, 0.5) is 0 Å². The van der Waals surface area contributed by atoms with E-state index < -0.39 is 5.97 Å². The molecule has 0 bridgehead atoms. The molecule has 1 aliphatic carbocycles. The van der Waals surface area contributed by atoms with Gasteiger partial charge in [0.05, 0.1) is 6.42 Å². The minimum atomic E-state index is -0.839. The molecule has 0 aromatic rings. The van der Waals surface area contributed by atoms with E-state index in [4.69, 9.17) is 5.11 Å². The van der Waals surface area contributed by atoms with Crippen molar-refractivity contribution in [3.63, 3.8) is 0 Å². The minimum Gasteiger partial charge on any atom is -0.481 e. The summed E-state index contributed by atoms with van der Waals surface area (Å²) in [5.41, 5.74) is 0. The molecule has 0 saturated heterocycles. The highest BCUT2D eigenvalue weighted by molar-refractivity contribution is 5.77. The Morgan fingerprint density at radius 2 is 2.06 bits per heavy atom. The molecule has 5 heteroatoms. The van der Waals surface area contributed by atoms with Gasteiger partial charge in [-0.2, -0.15) is 0 Å². The van der Waals surface area contributed by atoms with Crippen molar-refractivity contribution in [2.24, 2.45) is 0 Å². The van der Waals surface area contributed by atoms with Crippen molar-refractivity contribution in [3.8, 4) is 0 Å². The van der Waals surface area contributed by atoms with Crippen LogP contribution in [0.5, 0.6) is 0 Å². The first-order valence-corrected chi connectivity index (χ1v) is 5.81. The monoisotopic (exact) mass is 228 g/mol. The highest BCUT2D eigenvalue weighted by Gasteiger charge is 2.32. The van der Waals surface area contributed by atoms with Gasteiger partial charge in [-0.1, -0.05) is 0 Å². The Labute approximate surface area is 95.8 Å². The highest BCUT2D eigenvalue weighted by atomic mass is 16.4. The van der Waals surface area contributed by atoms with Crippen LogP contribution in [0.25, 0.3) is 0 Å². The average molecular weight is 228 g/mol. The molecule has 1 aliphatic rings. The van der Waals surface area contributed by atoms with Gasteiger partial charge in [0.2, 0.25) is 5.91 Å². The van der Waals surface area contributed by atoms with Crippen LogP contribution < -0.4 is 5.32 Å². The van der Waals surface area contributed by atoms with E-state index in [2.05, 4.69) is 5.32 Å². The molecule has 0 atom stereocenters. The van der Waals surface area contributed by atoms with E-state index in [9.17, 15) is 9.59 Å². The van der Waals surface area contributed by atoms with Crippen LogP contribution in [0.1, 0.15) is 32.1 Å². The fourth-order valence-corrected chi connectivity index (χ4v) is 1.67. The van der Waals surface area contributed by atoms with Crippen LogP contribution >= 0.6 is 0 Å². The largest absolute Gasteiger partial charge is 0.481 e. The standard InChI is InChI=1S/C11H20N2O3/c1-12-7-2-3-10(14)13(9-4-5-9)8-6-11(15)16/h9,12H,2-8H2,1H3,(H,15,16). The average Bonchev–Trinajstić information content (AvgIpc) is 3.02. The molecule has 1 rings (SSSR count). The summed E-state index contributed by atoms with van der Waals surface area (Å²) < 4.78 is 0. The zero-order valence-corrected chi connectivity index (χ0v) is 9.74. The van der Waals surface area contributed by atoms with Crippen molar-refractivity contribution in [1.29, 1.82) is 0 Å². The van der Waals surface area contributed by atoms with Gasteiger partial charge < -0.3 is 15.3 Å². The highest BCUT2D eigenvalue weighted by Crippen LogP contribution is 2.27. The lowest BCUT2D eigenvalue weighted by molar-refractivity contribution is -0.138. The molecule has 92 valence electrons. The predicted molar refractivity (Wildman–Crippen MR) is 60.1 cm³/mol. The number of rotatable bonds is 8. The van der Waals surface area contributed by atoms with E-state index >= 15 is 0 Å². The van der Waals surface area contributed by atoms with E-state index in [1.54, 1.807) is 4.90 Å². The van der Waals surface area contributed by atoms with Gasteiger partial charge in [0.15, 0.2) is 0 Å². The van der Waals surface area contributed by atoms with E-state index in [1.807, 2.05) is 7.05 Å². The lowest BCUT2D eigenvalue weighted by Crippen LogP contribution is -2.35. The third-order valence-electron chi connectivity index (χ3n) is 2.69. The normalized spacial score (nSPS) is 14.8. The van der Waals surface area contributed by atoms with Crippen molar-refractivity contribution in [1.82, 2.24) is 10.2 Å². The van der Waals surface area contributed by atoms with E-state index in [-0.39, 0.29) is 12.3 Å². The van der Waals surface area contributed by atoms with Crippen LogP contribution in [0.3, 0.4) is 0 Å². The summed E-state index contributed by atoms with van der Waals surface area (Å²) >= 11 is 0. The number of aliphatic carboxylic acids is 1. The predicted octanol–water partition coefficient (Wildman–Crippen LogP) is 0.452. The second kappa shape index (κ2) is 6.48. The second-order valence-corrected chi connectivity index (χ2v) is 4.17. The number of nitrogens with one attached hydrogen (secondary N) is 1. The van der Waals surface area contributed by atoms with Gasteiger partial charge in [-0.25, -0.2) is 0 Å². The summed E-state index contributed by atoms with van der Waals surface area (Å²) in [6.07, 6.45) is 3.42. The Bertz CT molecular complexity index is 252. The molecule has 0 unspecified atom stereocenters. The Morgan fingerprint density at radius 3 is 2.56 bits per heavy atom. The molecular formula is C11H20N2O3. The molecule has 0 spiro atoms. The molecule has 0 aromatic carbocycles. The number of hydrogen-bond donors (Lipinski definition) is 2. The summed E-state index contributed by atoms with van der Waals surface area (Å²) in [6, 6.07) is 0.307. The van der Waals surface area contributed by atoms with Gasteiger partial charge in [0, 0.05) is 19.0 Å². The number of carbonyl (C=O) groups is 2. The number of nitrogens with zero attached hydrogens (tertiary/aromatic N) is 1. The number of carboxylic acids is 1. The van der Waals surface area contributed by atoms with Gasteiger partial charge in [-0.15, -0.1) is 0 Å². The van der Waals surface area contributed by atoms with E-state index in [1.165, 1.54) is 0 Å². The first-order chi connectivity index (χ1) is 7.65. The Hall–Kier alpha value is -1.10. The Morgan fingerprint density at radius 1 is 1.38 bits per heavy atom. The minimum absolute atomic E-state index is 0.0499. The maximum atomic E-state index is 11.8. The number of carbonyl (C=O) groups excluding carboxylic acids is 1. The fraction of sp³-hybridized carbons (Fsp3) is 0.818. The molecule has 0 aromatic heterocycles. The Kier molecular flexibility index (Phi) is 5.25. The van der Waals surface area contributed by atoms with Gasteiger partial charge in [-0.3, -0.25) is 9.59 Å². The summed E-state index contributed by atoms with van der Waals surface area (Å²) in [5, 5.41) is 11.6. The van der Waals surface area contributed by atoms with Crippen molar-refractivity contribution in [3.05, 3.63) is 0 Å². The van der Waals surface area contributed by atoms with Crippen molar-refractivity contribution in [2.75, 3.05) is 20.1 Å². The number of carboxylic acid groups (broad SMARTS) is 1. The molecule has 1 saturated carbocycles. The molecule has 0 aliphatic heterocycles. The molecule has 0 heterocycles. The summed E-state index contributed by atoms with van der Waals surface area (Å²) in [6.45, 7) is 1.18. The van der Waals surface area contributed by atoms with Gasteiger partial charge in [0.25, 0.3) is 0 Å². The third kappa shape index (κ3) is 4.61. The maximum absolute atomic E-state index is 11.8. The van der Waals surface area contributed by atoms with E-state index in [0.717, 1.165) is 25.8 Å². The first kappa shape index (κ1) is 13.0. The summed E-state index contributed by atoms with van der Waals surface area (Å²) in [4.78, 5) is 24.0. The van der Waals surface area contributed by atoms with Crippen LogP contribution in [-0.4, -0.2) is 48.1 Å². The maximum Gasteiger partial charge on any atom is 0.305 e. The van der Waals surface area contributed by atoms with Gasteiger partial charge in [0.1, 0.15) is 0 Å². The summed E-state index contributed by atoms with van der Waals surface area (Å²) in [5.74, 6) is -0.743. The SMILES string of the molecule is CNCCCC(=O)N(CCC(=O)O)C1CC1. The molecule has 5 nitrogen and oxygen atoms in total. The number of amides is 1. The van der Waals surface area contributed by atoms with Crippen molar-refractivity contribution >= 4 is 11.9 Å². The molecule has 2 N–H and O–H groups in total. The topological polar surface area (TPSA) is 69.6 Å². The van der Waals surface area contributed by atoms with Crippen LogP contribution in [0.15, 0.2) is 0 Å². The van der Waals surface area contributed by atoms with Crippen LogP contribution in [0.2, 0.25) is 0 Å². The molecule has 1 fully saturated rings. The lowest BCUT2D eigenvalue weighted by Gasteiger charge is -2.21. The smallest absolute Gasteiger partial charge is 0.305 e. The lowest BCUT2D eigenvalue weighted by atomic mass is 10.2. The Balaban J connectivity index is 2.30. The summed E-state index contributed by atoms with van der Waals surface area (Å²) in [7, 11) is 1.85. The molecule has 16 heavy (non-hydrogen) atoms. The zero-order chi connectivity index (χ0) is 12.0. The van der Waals surface area contributed by atoms with Crippen molar-refractivity contribution < 1.29 is 14.7 Å².